The van der Waals surface area contributed by atoms with E-state index in [4.69, 9.17) is 0 Å². The molecule has 106 valence electrons. The van der Waals surface area contributed by atoms with Gasteiger partial charge in [-0.05, 0) is 40.1 Å². The molecule has 19 heavy (non-hydrogen) atoms. The van der Waals surface area contributed by atoms with Gasteiger partial charge < -0.3 is 15.1 Å². The summed E-state index contributed by atoms with van der Waals surface area (Å²) < 4.78 is 0. The molecule has 0 aromatic carbocycles. The molecule has 1 aliphatic rings. The van der Waals surface area contributed by atoms with Crippen molar-refractivity contribution in [3.05, 3.63) is 23.5 Å². The Bertz CT molecular complexity index is 430. The first kappa shape index (κ1) is 14.3. The van der Waals surface area contributed by atoms with Crippen molar-refractivity contribution in [2.45, 2.75) is 26.4 Å². The molecule has 2 atom stereocenters. The van der Waals surface area contributed by atoms with Gasteiger partial charge in [0.2, 0.25) is 0 Å². The maximum atomic E-state index is 4.43. The van der Waals surface area contributed by atoms with Crippen LogP contribution in [0.15, 0.2) is 12.3 Å². The Kier molecular flexibility index (Phi) is 4.42. The topological polar surface area (TPSA) is 31.4 Å². The third kappa shape index (κ3) is 3.07. The Balaban J connectivity index is 2.24. The van der Waals surface area contributed by atoms with Gasteiger partial charge in [0, 0.05) is 48.8 Å². The minimum Gasteiger partial charge on any atom is -0.369 e. The fourth-order valence-electron chi connectivity index (χ4n) is 3.01. The van der Waals surface area contributed by atoms with Crippen LogP contribution < -0.4 is 10.2 Å². The Morgan fingerprint density at radius 2 is 2.16 bits per heavy atom. The van der Waals surface area contributed by atoms with E-state index in [1.54, 1.807) is 0 Å². The summed E-state index contributed by atoms with van der Waals surface area (Å²) in [7, 11) is 6.34. The van der Waals surface area contributed by atoms with Crippen LogP contribution in [0.1, 0.15) is 18.2 Å². The minimum atomic E-state index is 0.635. The van der Waals surface area contributed by atoms with Gasteiger partial charge in [0.05, 0.1) is 0 Å². The van der Waals surface area contributed by atoms with Gasteiger partial charge in [-0.3, -0.25) is 4.98 Å². The molecule has 2 rings (SSSR count). The quantitative estimate of drug-likeness (QED) is 0.891. The van der Waals surface area contributed by atoms with Crippen molar-refractivity contribution in [3.8, 4) is 0 Å². The number of nitrogens with zero attached hydrogens (tertiary/aromatic N) is 3. The molecule has 1 fully saturated rings. The smallest absolute Gasteiger partial charge is 0.0446 e. The largest absolute Gasteiger partial charge is 0.369 e. The van der Waals surface area contributed by atoms with Gasteiger partial charge in [-0.15, -0.1) is 0 Å². The summed E-state index contributed by atoms with van der Waals surface area (Å²) in [5.74, 6) is 0.700. The summed E-state index contributed by atoms with van der Waals surface area (Å²) >= 11 is 0. The number of aryl methyl sites for hydroxylation is 1. The Hall–Kier alpha value is -1.13. The molecule has 1 aromatic rings. The van der Waals surface area contributed by atoms with Crippen molar-refractivity contribution in [2.24, 2.45) is 5.92 Å². The molecule has 0 amide bonds. The van der Waals surface area contributed by atoms with E-state index in [9.17, 15) is 0 Å². The molecule has 1 N–H and O–H groups in total. The second-order valence-corrected chi connectivity index (χ2v) is 5.90. The fraction of sp³-hybridized carbons (Fsp3) is 0.667. The van der Waals surface area contributed by atoms with Crippen LogP contribution in [0.25, 0.3) is 0 Å². The van der Waals surface area contributed by atoms with Gasteiger partial charge in [0.1, 0.15) is 0 Å². The van der Waals surface area contributed by atoms with Crippen molar-refractivity contribution < 1.29 is 0 Å². The van der Waals surface area contributed by atoms with Crippen LogP contribution in [0.3, 0.4) is 0 Å². The summed E-state index contributed by atoms with van der Waals surface area (Å²) in [4.78, 5) is 9.28. The summed E-state index contributed by atoms with van der Waals surface area (Å²) in [5, 5.41) is 3.24. The van der Waals surface area contributed by atoms with Crippen LogP contribution in [-0.2, 0) is 6.54 Å². The highest BCUT2D eigenvalue weighted by atomic mass is 15.2. The van der Waals surface area contributed by atoms with Gasteiger partial charge >= 0.3 is 0 Å². The number of aromatic nitrogens is 1. The number of pyridine rings is 1. The zero-order chi connectivity index (χ0) is 14.0. The average molecular weight is 262 g/mol. The van der Waals surface area contributed by atoms with Crippen molar-refractivity contribution in [1.29, 1.82) is 0 Å². The molecule has 2 heterocycles. The predicted octanol–water partition coefficient (Wildman–Crippen LogP) is 1.50. The molecule has 0 aliphatic carbocycles. The van der Waals surface area contributed by atoms with Gasteiger partial charge in [-0.2, -0.15) is 0 Å². The Morgan fingerprint density at radius 3 is 2.74 bits per heavy atom. The first-order valence-electron chi connectivity index (χ1n) is 7.04. The van der Waals surface area contributed by atoms with E-state index in [1.165, 1.54) is 11.3 Å². The maximum absolute atomic E-state index is 4.43. The van der Waals surface area contributed by atoms with Gasteiger partial charge in [-0.1, -0.05) is 6.92 Å². The Morgan fingerprint density at radius 1 is 1.42 bits per heavy atom. The highest BCUT2D eigenvalue weighted by molar-refractivity contribution is 5.54. The van der Waals surface area contributed by atoms with Crippen LogP contribution in [0.5, 0.6) is 0 Å². The van der Waals surface area contributed by atoms with Crippen LogP contribution in [0, 0.1) is 12.8 Å². The van der Waals surface area contributed by atoms with E-state index in [0.29, 0.717) is 12.0 Å². The molecule has 1 aromatic heterocycles. The van der Waals surface area contributed by atoms with Crippen molar-refractivity contribution in [3.63, 3.8) is 0 Å². The molecule has 0 spiro atoms. The lowest BCUT2D eigenvalue weighted by Gasteiger charge is -2.24. The lowest BCUT2D eigenvalue weighted by atomic mass is 10.1. The number of anilines is 1. The summed E-state index contributed by atoms with van der Waals surface area (Å²) in [6.07, 6.45) is 2.01. The zero-order valence-electron chi connectivity index (χ0n) is 12.8. The second-order valence-electron chi connectivity index (χ2n) is 5.90. The molecule has 2 unspecified atom stereocenters. The van der Waals surface area contributed by atoms with E-state index in [-0.39, 0.29) is 0 Å². The number of hydrogen-bond donors (Lipinski definition) is 1. The van der Waals surface area contributed by atoms with Gasteiger partial charge in [0.25, 0.3) is 0 Å². The van der Waals surface area contributed by atoms with Crippen molar-refractivity contribution in [2.75, 3.05) is 39.1 Å². The normalized spacial score (nSPS) is 23.4. The van der Waals surface area contributed by atoms with E-state index in [1.807, 2.05) is 13.2 Å². The van der Waals surface area contributed by atoms with Gasteiger partial charge in [-0.25, -0.2) is 0 Å². The molecule has 1 saturated heterocycles. The van der Waals surface area contributed by atoms with Crippen molar-refractivity contribution in [1.82, 2.24) is 15.2 Å². The zero-order valence-corrected chi connectivity index (χ0v) is 12.8. The Labute approximate surface area is 116 Å². The standard InChI is InChI=1S/C15H26N4/c1-11-9-19(10-15(11)18(4)5)14-6-12(2)17-8-13(14)7-16-3/h6,8,11,15-16H,7,9-10H2,1-5H3. The first-order chi connectivity index (χ1) is 9.02. The fourth-order valence-corrected chi connectivity index (χ4v) is 3.01. The summed E-state index contributed by atoms with van der Waals surface area (Å²) in [6.45, 7) is 7.52. The van der Waals surface area contributed by atoms with E-state index >= 15 is 0 Å². The molecular formula is C15H26N4. The summed E-state index contributed by atoms with van der Waals surface area (Å²) in [5.41, 5.74) is 3.73. The number of nitrogens with one attached hydrogen (secondary N) is 1. The maximum Gasteiger partial charge on any atom is 0.0446 e. The van der Waals surface area contributed by atoms with E-state index in [2.05, 4.69) is 54.1 Å². The highest BCUT2D eigenvalue weighted by Crippen LogP contribution is 2.29. The lowest BCUT2D eigenvalue weighted by Crippen LogP contribution is -2.34. The lowest BCUT2D eigenvalue weighted by molar-refractivity contribution is 0.266. The third-order valence-corrected chi connectivity index (χ3v) is 4.04. The monoisotopic (exact) mass is 262 g/mol. The van der Waals surface area contributed by atoms with Crippen LogP contribution in [0.4, 0.5) is 5.69 Å². The summed E-state index contributed by atoms with van der Waals surface area (Å²) in [6, 6.07) is 2.85. The average Bonchev–Trinajstić information content (AvgIpc) is 2.74. The molecular weight excluding hydrogens is 236 g/mol. The number of likely N-dealkylation sites (N-methyl/N-ethyl adjacent to an activating group) is 1. The molecule has 0 radical (unpaired) electrons. The van der Waals surface area contributed by atoms with E-state index in [0.717, 1.165) is 25.3 Å². The molecule has 4 heteroatoms. The highest BCUT2D eigenvalue weighted by Gasteiger charge is 2.31. The van der Waals surface area contributed by atoms with Crippen LogP contribution >= 0.6 is 0 Å². The number of hydrogen-bond acceptors (Lipinski definition) is 4. The molecule has 1 aliphatic heterocycles. The minimum absolute atomic E-state index is 0.635. The van der Waals surface area contributed by atoms with E-state index < -0.39 is 0 Å². The molecule has 0 saturated carbocycles. The molecule has 0 bridgehead atoms. The number of rotatable bonds is 4. The third-order valence-electron chi connectivity index (χ3n) is 4.04. The van der Waals surface area contributed by atoms with Gasteiger partial charge in [0.15, 0.2) is 0 Å². The van der Waals surface area contributed by atoms with Crippen LogP contribution in [-0.4, -0.2) is 50.2 Å². The predicted molar refractivity (Wildman–Crippen MR) is 80.6 cm³/mol. The van der Waals surface area contributed by atoms with Crippen molar-refractivity contribution >= 4 is 5.69 Å². The van der Waals surface area contributed by atoms with Crippen LogP contribution in [0.2, 0.25) is 0 Å². The SMILES string of the molecule is CNCc1cnc(C)cc1N1CC(C)C(N(C)C)C1. The molecule has 4 nitrogen and oxygen atoms in total. The second kappa shape index (κ2) is 5.88. The first-order valence-corrected chi connectivity index (χ1v) is 7.04.